The lowest BCUT2D eigenvalue weighted by molar-refractivity contribution is 0.602. The number of sulfone groups is 1. The molecule has 3 heterocycles. The SMILES string of the molecule is Cn1ccc2cc(N3CCN(c4ccc(S(C)(=O)=O)cc4)CC3)ncc21. The van der Waals surface area contributed by atoms with Crippen molar-refractivity contribution in [3.8, 4) is 0 Å². The molecule has 0 saturated carbocycles. The van der Waals surface area contributed by atoms with Gasteiger partial charge in [0, 0.05) is 56.8 Å². The van der Waals surface area contributed by atoms with E-state index in [0.717, 1.165) is 43.2 Å². The topological polar surface area (TPSA) is 58.4 Å². The molecule has 4 rings (SSSR count). The molecule has 136 valence electrons. The van der Waals surface area contributed by atoms with Gasteiger partial charge in [-0.3, -0.25) is 0 Å². The summed E-state index contributed by atoms with van der Waals surface area (Å²) in [6, 6.07) is 11.4. The van der Waals surface area contributed by atoms with Gasteiger partial charge in [-0.05, 0) is 36.4 Å². The molecule has 3 aromatic rings. The number of fused-ring (bicyclic) bond motifs is 1. The fourth-order valence-electron chi connectivity index (χ4n) is 3.42. The Bertz CT molecular complexity index is 1030. The summed E-state index contributed by atoms with van der Waals surface area (Å²) in [5.41, 5.74) is 2.20. The van der Waals surface area contributed by atoms with Crippen LogP contribution in [0.15, 0.2) is 53.7 Å². The molecule has 1 saturated heterocycles. The molecule has 0 amide bonds. The number of benzene rings is 1. The third kappa shape index (κ3) is 3.14. The smallest absolute Gasteiger partial charge is 0.175 e. The van der Waals surface area contributed by atoms with Crippen LogP contribution in [-0.4, -0.2) is 50.4 Å². The normalized spacial score (nSPS) is 15.6. The molecule has 1 fully saturated rings. The van der Waals surface area contributed by atoms with Crippen molar-refractivity contribution in [1.82, 2.24) is 9.55 Å². The highest BCUT2D eigenvalue weighted by Gasteiger charge is 2.19. The Balaban J connectivity index is 1.46. The molecule has 1 aliphatic rings. The summed E-state index contributed by atoms with van der Waals surface area (Å²) < 4.78 is 25.2. The fourth-order valence-corrected chi connectivity index (χ4v) is 4.05. The van der Waals surface area contributed by atoms with Crippen LogP contribution in [0.3, 0.4) is 0 Å². The van der Waals surface area contributed by atoms with Crippen LogP contribution in [0, 0.1) is 0 Å². The van der Waals surface area contributed by atoms with Crippen LogP contribution < -0.4 is 9.80 Å². The lowest BCUT2D eigenvalue weighted by Gasteiger charge is -2.36. The van der Waals surface area contributed by atoms with Crippen LogP contribution in [-0.2, 0) is 16.9 Å². The van der Waals surface area contributed by atoms with Gasteiger partial charge in [0.05, 0.1) is 16.6 Å². The first-order valence-corrected chi connectivity index (χ1v) is 10.5. The predicted octanol–water partition coefficient (Wildman–Crippen LogP) is 2.30. The number of aromatic nitrogens is 2. The standard InChI is InChI=1S/C19H22N4O2S/c1-21-8-7-15-13-19(20-14-18(15)21)23-11-9-22(10-12-23)16-3-5-17(6-4-16)26(2,24)25/h3-8,13-14H,9-12H2,1-2H3. The van der Waals surface area contributed by atoms with Crippen LogP contribution in [0.4, 0.5) is 11.5 Å². The van der Waals surface area contributed by atoms with Gasteiger partial charge in [-0.1, -0.05) is 0 Å². The van der Waals surface area contributed by atoms with Gasteiger partial charge in [0.25, 0.3) is 0 Å². The highest BCUT2D eigenvalue weighted by Crippen LogP contribution is 2.23. The Labute approximate surface area is 153 Å². The summed E-state index contributed by atoms with van der Waals surface area (Å²) in [7, 11) is -1.12. The third-order valence-electron chi connectivity index (χ3n) is 4.99. The predicted molar refractivity (Wildman–Crippen MR) is 105 cm³/mol. The second-order valence-electron chi connectivity index (χ2n) is 6.77. The van der Waals surface area contributed by atoms with E-state index >= 15 is 0 Å². The van der Waals surface area contributed by atoms with Crippen molar-refractivity contribution >= 4 is 32.2 Å². The third-order valence-corrected chi connectivity index (χ3v) is 6.12. The largest absolute Gasteiger partial charge is 0.368 e. The molecular weight excluding hydrogens is 348 g/mol. The molecule has 1 aliphatic heterocycles. The Morgan fingerprint density at radius 1 is 0.962 bits per heavy atom. The number of piperazine rings is 1. The zero-order chi connectivity index (χ0) is 18.3. The molecule has 0 radical (unpaired) electrons. The molecule has 7 heteroatoms. The van der Waals surface area contributed by atoms with Crippen molar-refractivity contribution in [3.63, 3.8) is 0 Å². The molecule has 0 bridgehead atoms. The van der Waals surface area contributed by atoms with Gasteiger partial charge in [0.2, 0.25) is 0 Å². The van der Waals surface area contributed by atoms with E-state index in [1.807, 2.05) is 31.6 Å². The zero-order valence-corrected chi connectivity index (χ0v) is 15.8. The molecule has 0 N–H and O–H groups in total. The van der Waals surface area contributed by atoms with Gasteiger partial charge >= 0.3 is 0 Å². The maximum absolute atomic E-state index is 11.6. The first-order valence-electron chi connectivity index (χ1n) is 8.63. The van der Waals surface area contributed by atoms with Crippen LogP contribution in [0.5, 0.6) is 0 Å². The molecule has 0 unspecified atom stereocenters. The van der Waals surface area contributed by atoms with E-state index in [4.69, 9.17) is 0 Å². The van der Waals surface area contributed by atoms with Gasteiger partial charge in [0.15, 0.2) is 9.84 Å². The first kappa shape index (κ1) is 16.9. The molecule has 0 atom stereocenters. The highest BCUT2D eigenvalue weighted by molar-refractivity contribution is 7.90. The Morgan fingerprint density at radius 3 is 2.27 bits per heavy atom. The van der Waals surface area contributed by atoms with E-state index in [1.165, 1.54) is 11.6 Å². The van der Waals surface area contributed by atoms with Gasteiger partial charge in [-0.25, -0.2) is 13.4 Å². The van der Waals surface area contributed by atoms with Gasteiger partial charge in [-0.15, -0.1) is 0 Å². The molecular formula is C19H22N4O2S. The van der Waals surface area contributed by atoms with Crippen LogP contribution in [0.1, 0.15) is 0 Å². The number of rotatable bonds is 3. The lowest BCUT2D eigenvalue weighted by atomic mass is 10.2. The van der Waals surface area contributed by atoms with Crippen LogP contribution in [0.2, 0.25) is 0 Å². The van der Waals surface area contributed by atoms with E-state index in [9.17, 15) is 8.42 Å². The molecule has 0 spiro atoms. The van der Waals surface area contributed by atoms with Crippen molar-refractivity contribution in [3.05, 3.63) is 48.8 Å². The summed E-state index contributed by atoms with van der Waals surface area (Å²) in [5.74, 6) is 1.01. The monoisotopic (exact) mass is 370 g/mol. The number of nitrogens with zero attached hydrogens (tertiary/aromatic N) is 4. The summed E-state index contributed by atoms with van der Waals surface area (Å²) in [5, 5.41) is 1.20. The summed E-state index contributed by atoms with van der Waals surface area (Å²) in [6.07, 6.45) is 5.21. The van der Waals surface area contributed by atoms with Crippen LogP contribution in [0.25, 0.3) is 10.9 Å². The minimum Gasteiger partial charge on any atom is -0.368 e. The van der Waals surface area contributed by atoms with E-state index < -0.39 is 9.84 Å². The average molecular weight is 370 g/mol. The van der Waals surface area contributed by atoms with Crippen LogP contribution >= 0.6 is 0 Å². The Kier molecular flexibility index (Phi) is 4.11. The first-order chi connectivity index (χ1) is 12.4. The Hall–Kier alpha value is -2.54. The van der Waals surface area contributed by atoms with Crippen molar-refractivity contribution in [2.75, 3.05) is 42.2 Å². The maximum atomic E-state index is 11.6. The van der Waals surface area contributed by atoms with Crippen molar-refractivity contribution in [2.24, 2.45) is 7.05 Å². The number of aryl methyl sites for hydroxylation is 1. The van der Waals surface area contributed by atoms with Gasteiger partial charge in [-0.2, -0.15) is 0 Å². The van der Waals surface area contributed by atoms with Gasteiger partial charge < -0.3 is 14.4 Å². The molecule has 0 aliphatic carbocycles. The fraction of sp³-hybridized carbons (Fsp3) is 0.316. The quantitative estimate of drug-likeness (QED) is 0.708. The van der Waals surface area contributed by atoms with Crippen molar-refractivity contribution in [1.29, 1.82) is 0 Å². The molecule has 1 aromatic carbocycles. The number of hydrogen-bond acceptors (Lipinski definition) is 5. The van der Waals surface area contributed by atoms with E-state index in [1.54, 1.807) is 12.1 Å². The number of hydrogen-bond donors (Lipinski definition) is 0. The molecule has 2 aromatic heterocycles. The zero-order valence-electron chi connectivity index (χ0n) is 15.0. The number of anilines is 2. The van der Waals surface area contributed by atoms with Gasteiger partial charge in [0.1, 0.15) is 5.82 Å². The molecule has 26 heavy (non-hydrogen) atoms. The maximum Gasteiger partial charge on any atom is 0.175 e. The summed E-state index contributed by atoms with van der Waals surface area (Å²) in [6.45, 7) is 3.54. The molecule has 6 nitrogen and oxygen atoms in total. The van der Waals surface area contributed by atoms with E-state index in [0.29, 0.717) is 4.90 Å². The second-order valence-corrected chi connectivity index (χ2v) is 8.78. The summed E-state index contributed by atoms with van der Waals surface area (Å²) >= 11 is 0. The van der Waals surface area contributed by atoms with E-state index in [-0.39, 0.29) is 0 Å². The number of pyridine rings is 1. The highest BCUT2D eigenvalue weighted by atomic mass is 32.2. The lowest BCUT2D eigenvalue weighted by Crippen LogP contribution is -2.46. The Morgan fingerprint density at radius 2 is 1.62 bits per heavy atom. The second kappa shape index (κ2) is 6.32. The minimum atomic E-state index is -3.15. The van der Waals surface area contributed by atoms with Crippen molar-refractivity contribution in [2.45, 2.75) is 4.90 Å². The minimum absolute atomic E-state index is 0.361. The van der Waals surface area contributed by atoms with Crippen molar-refractivity contribution < 1.29 is 8.42 Å². The van der Waals surface area contributed by atoms with E-state index in [2.05, 4.69) is 31.5 Å². The average Bonchev–Trinajstić information content (AvgIpc) is 3.02. The summed E-state index contributed by atoms with van der Waals surface area (Å²) in [4.78, 5) is 9.56.